The van der Waals surface area contributed by atoms with E-state index in [1.54, 1.807) is 30.5 Å². The summed E-state index contributed by atoms with van der Waals surface area (Å²) in [5, 5.41) is 7.88. The molecule has 0 aliphatic carbocycles. The maximum Gasteiger partial charge on any atom is 0.271 e. The summed E-state index contributed by atoms with van der Waals surface area (Å²) in [4.78, 5) is 27.1. The van der Waals surface area contributed by atoms with Gasteiger partial charge in [0.25, 0.3) is 5.91 Å². The van der Waals surface area contributed by atoms with E-state index in [1.807, 2.05) is 44.3 Å². The number of carbonyl (C=O) groups is 2. The first kappa shape index (κ1) is 18.4. The van der Waals surface area contributed by atoms with Crippen molar-refractivity contribution in [1.29, 1.82) is 0 Å². The standard InChI is InChI=1S/C21H22N4O2/c1-14(2)11-20(26)24-17-9-7-15(8-10-17)21(27)25-23-13-16-12-22-19-6-4-3-5-18(16)19/h3-10,12-14,22H,11H2,1-2H3,(H,24,26)(H,25,27)/b23-13+. The van der Waals surface area contributed by atoms with Gasteiger partial charge in [-0.05, 0) is 36.2 Å². The lowest BCUT2D eigenvalue weighted by Gasteiger charge is -2.07. The first-order valence-electron chi connectivity index (χ1n) is 8.82. The molecular weight excluding hydrogens is 340 g/mol. The number of aromatic amines is 1. The SMILES string of the molecule is CC(C)CC(=O)Nc1ccc(C(=O)N/N=C/c2c[nH]c3ccccc23)cc1. The van der Waals surface area contributed by atoms with Crippen LogP contribution in [-0.2, 0) is 4.79 Å². The molecule has 0 saturated carbocycles. The van der Waals surface area contributed by atoms with Crippen molar-refractivity contribution in [1.82, 2.24) is 10.4 Å². The lowest BCUT2D eigenvalue weighted by Crippen LogP contribution is -2.18. The van der Waals surface area contributed by atoms with E-state index in [9.17, 15) is 9.59 Å². The molecule has 6 nitrogen and oxygen atoms in total. The van der Waals surface area contributed by atoms with E-state index < -0.39 is 0 Å². The molecular formula is C21H22N4O2. The van der Waals surface area contributed by atoms with E-state index in [2.05, 4.69) is 20.8 Å². The maximum absolute atomic E-state index is 12.2. The predicted molar refractivity (Wildman–Crippen MR) is 108 cm³/mol. The van der Waals surface area contributed by atoms with Crippen LogP contribution in [0.15, 0.2) is 59.8 Å². The van der Waals surface area contributed by atoms with Crippen LogP contribution in [0.4, 0.5) is 5.69 Å². The smallest absolute Gasteiger partial charge is 0.271 e. The van der Waals surface area contributed by atoms with Crippen LogP contribution in [0.3, 0.4) is 0 Å². The summed E-state index contributed by atoms with van der Waals surface area (Å²) in [5.41, 5.74) is 5.56. The average Bonchev–Trinajstić information content (AvgIpc) is 3.05. The van der Waals surface area contributed by atoms with Crippen LogP contribution >= 0.6 is 0 Å². The van der Waals surface area contributed by atoms with Gasteiger partial charge in [-0.15, -0.1) is 0 Å². The van der Waals surface area contributed by atoms with Crippen LogP contribution in [0.25, 0.3) is 10.9 Å². The minimum Gasteiger partial charge on any atom is -0.361 e. The van der Waals surface area contributed by atoms with E-state index in [1.165, 1.54) is 0 Å². The maximum atomic E-state index is 12.2. The van der Waals surface area contributed by atoms with Gasteiger partial charge in [0.15, 0.2) is 0 Å². The van der Waals surface area contributed by atoms with Gasteiger partial charge in [-0.25, -0.2) is 5.43 Å². The first-order chi connectivity index (χ1) is 13.0. The largest absolute Gasteiger partial charge is 0.361 e. The fourth-order valence-corrected chi connectivity index (χ4v) is 2.71. The molecule has 0 unspecified atom stereocenters. The van der Waals surface area contributed by atoms with Crippen molar-refractivity contribution in [3.05, 3.63) is 65.9 Å². The molecule has 0 bridgehead atoms. The lowest BCUT2D eigenvalue weighted by molar-refractivity contribution is -0.116. The van der Waals surface area contributed by atoms with Crippen LogP contribution in [-0.4, -0.2) is 23.0 Å². The number of hydrogen-bond acceptors (Lipinski definition) is 3. The summed E-state index contributed by atoms with van der Waals surface area (Å²) in [5.74, 6) is -0.0539. The van der Waals surface area contributed by atoms with Crippen molar-refractivity contribution in [2.24, 2.45) is 11.0 Å². The van der Waals surface area contributed by atoms with E-state index >= 15 is 0 Å². The molecule has 138 valence electrons. The fourth-order valence-electron chi connectivity index (χ4n) is 2.71. The molecule has 0 aliphatic rings. The van der Waals surface area contributed by atoms with Gasteiger partial charge in [-0.3, -0.25) is 9.59 Å². The Morgan fingerprint density at radius 1 is 1.11 bits per heavy atom. The van der Waals surface area contributed by atoms with Gasteiger partial charge in [0.2, 0.25) is 5.91 Å². The van der Waals surface area contributed by atoms with Crippen LogP contribution in [0.5, 0.6) is 0 Å². The van der Waals surface area contributed by atoms with Gasteiger partial charge >= 0.3 is 0 Å². The molecule has 3 rings (SSSR count). The number of anilines is 1. The molecule has 0 saturated heterocycles. The van der Waals surface area contributed by atoms with Crippen LogP contribution in [0.1, 0.15) is 36.2 Å². The second kappa shape index (κ2) is 8.31. The highest BCUT2D eigenvalue weighted by Gasteiger charge is 2.07. The van der Waals surface area contributed by atoms with Crippen molar-refractivity contribution >= 4 is 34.6 Å². The fraction of sp³-hybridized carbons (Fsp3) is 0.190. The number of carbonyl (C=O) groups excluding carboxylic acids is 2. The lowest BCUT2D eigenvalue weighted by atomic mass is 10.1. The van der Waals surface area contributed by atoms with Crippen LogP contribution in [0.2, 0.25) is 0 Å². The number of benzene rings is 2. The normalized spacial score (nSPS) is 11.2. The Bertz CT molecular complexity index is 971. The van der Waals surface area contributed by atoms with E-state index in [0.717, 1.165) is 16.5 Å². The summed E-state index contributed by atoms with van der Waals surface area (Å²) in [6.07, 6.45) is 3.91. The number of rotatable bonds is 6. The number of nitrogens with zero attached hydrogens (tertiary/aromatic N) is 1. The zero-order valence-electron chi connectivity index (χ0n) is 15.3. The van der Waals surface area contributed by atoms with Crippen molar-refractivity contribution in [3.63, 3.8) is 0 Å². The van der Waals surface area contributed by atoms with Gasteiger partial charge in [0, 0.05) is 40.3 Å². The Balaban J connectivity index is 1.58. The quantitative estimate of drug-likeness (QED) is 0.458. The van der Waals surface area contributed by atoms with E-state index in [4.69, 9.17) is 0 Å². The monoisotopic (exact) mass is 362 g/mol. The zero-order chi connectivity index (χ0) is 19.2. The molecule has 0 atom stereocenters. The molecule has 27 heavy (non-hydrogen) atoms. The summed E-state index contributed by atoms with van der Waals surface area (Å²) in [6.45, 7) is 3.98. The van der Waals surface area contributed by atoms with E-state index in [0.29, 0.717) is 23.6 Å². The molecule has 2 amide bonds. The molecule has 0 aliphatic heterocycles. The first-order valence-corrected chi connectivity index (χ1v) is 8.82. The number of hydrogen-bond donors (Lipinski definition) is 3. The van der Waals surface area contributed by atoms with Gasteiger partial charge in [-0.1, -0.05) is 32.0 Å². The zero-order valence-corrected chi connectivity index (χ0v) is 15.3. The molecule has 2 aromatic carbocycles. The Morgan fingerprint density at radius 2 is 1.85 bits per heavy atom. The van der Waals surface area contributed by atoms with E-state index in [-0.39, 0.29) is 11.8 Å². The summed E-state index contributed by atoms with van der Waals surface area (Å²) < 4.78 is 0. The molecule has 0 fully saturated rings. The van der Waals surface area contributed by atoms with Gasteiger partial charge in [0.1, 0.15) is 0 Å². The number of amides is 2. The number of H-pyrrole nitrogens is 1. The number of aromatic nitrogens is 1. The minimum atomic E-state index is -0.314. The summed E-state index contributed by atoms with van der Waals surface area (Å²) in [7, 11) is 0. The molecule has 1 heterocycles. The molecule has 0 radical (unpaired) electrons. The van der Waals surface area contributed by atoms with Crippen LogP contribution < -0.4 is 10.7 Å². The Hall–Kier alpha value is -3.41. The highest BCUT2D eigenvalue weighted by atomic mass is 16.2. The second-order valence-corrected chi connectivity index (χ2v) is 6.71. The average molecular weight is 362 g/mol. The molecule has 3 N–H and O–H groups in total. The Labute approximate surface area is 157 Å². The van der Waals surface area contributed by atoms with Gasteiger partial charge < -0.3 is 10.3 Å². The molecule has 3 aromatic rings. The molecule has 6 heteroatoms. The highest BCUT2D eigenvalue weighted by Crippen LogP contribution is 2.15. The third kappa shape index (κ3) is 4.82. The second-order valence-electron chi connectivity index (χ2n) is 6.71. The Kier molecular flexibility index (Phi) is 5.66. The summed E-state index contributed by atoms with van der Waals surface area (Å²) in [6, 6.07) is 14.6. The van der Waals surface area contributed by atoms with Gasteiger partial charge in [-0.2, -0.15) is 5.10 Å². The Morgan fingerprint density at radius 3 is 2.59 bits per heavy atom. The third-order valence-electron chi connectivity index (χ3n) is 4.02. The van der Waals surface area contributed by atoms with Crippen molar-refractivity contribution < 1.29 is 9.59 Å². The number of nitrogens with one attached hydrogen (secondary N) is 3. The number of fused-ring (bicyclic) bond motifs is 1. The number of hydrazone groups is 1. The third-order valence-corrected chi connectivity index (χ3v) is 4.02. The van der Waals surface area contributed by atoms with Gasteiger partial charge in [0.05, 0.1) is 6.21 Å². The van der Waals surface area contributed by atoms with Crippen molar-refractivity contribution in [2.45, 2.75) is 20.3 Å². The highest BCUT2D eigenvalue weighted by molar-refractivity contribution is 6.00. The summed E-state index contributed by atoms with van der Waals surface area (Å²) >= 11 is 0. The van der Waals surface area contributed by atoms with Crippen molar-refractivity contribution in [3.8, 4) is 0 Å². The topological polar surface area (TPSA) is 86.3 Å². The minimum absolute atomic E-state index is 0.0365. The van der Waals surface area contributed by atoms with Crippen LogP contribution in [0, 0.1) is 5.92 Å². The molecule has 0 spiro atoms. The number of para-hydroxylation sites is 1. The molecule has 1 aromatic heterocycles. The van der Waals surface area contributed by atoms with Crippen molar-refractivity contribution in [2.75, 3.05) is 5.32 Å². The predicted octanol–water partition coefficient (Wildman–Crippen LogP) is 3.92.